The molecule has 0 aliphatic carbocycles. The highest BCUT2D eigenvalue weighted by Gasteiger charge is 2.32. The molecule has 3 aromatic rings. The highest BCUT2D eigenvalue weighted by molar-refractivity contribution is 6.39. The Bertz CT molecular complexity index is 1170. The average molecular weight is 490 g/mol. The van der Waals surface area contributed by atoms with Crippen LogP contribution in [0.4, 0.5) is 4.39 Å². The molecule has 0 radical (unpaired) electrons. The maximum Gasteiger partial charge on any atom is 0.260 e. The van der Waals surface area contributed by atoms with Gasteiger partial charge in [-0.1, -0.05) is 35.3 Å². The Hall–Kier alpha value is -2.41. The number of nitrogens with zero attached hydrogens (tertiary/aromatic N) is 3. The molecule has 4 rings (SSSR count). The molecule has 2 atom stereocenters. The van der Waals surface area contributed by atoms with E-state index in [2.05, 4.69) is 16.8 Å². The van der Waals surface area contributed by atoms with Crippen LogP contribution >= 0.6 is 23.2 Å². The molecular weight excluding hydrogens is 464 g/mol. The number of fused-ring (bicyclic) bond motifs is 1. The van der Waals surface area contributed by atoms with Gasteiger partial charge in [0.15, 0.2) is 12.4 Å². The minimum absolute atomic E-state index is 0.00977. The van der Waals surface area contributed by atoms with Crippen LogP contribution < -0.4 is 4.74 Å². The van der Waals surface area contributed by atoms with E-state index in [1.165, 1.54) is 12.1 Å². The minimum Gasteiger partial charge on any atom is -0.480 e. The lowest BCUT2D eigenvalue weighted by Crippen LogP contribution is -2.58. The van der Waals surface area contributed by atoms with Gasteiger partial charge >= 0.3 is 0 Å². The van der Waals surface area contributed by atoms with Crippen molar-refractivity contribution < 1.29 is 13.9 Å². The van der Waals surface area contributed by atoms with Crippen molar-refractivity contribution in [1.29, 1.82) is 0 Å². The molecule has 2 aromatic carbocycles. The number of piperazine rings is 1. The van der Waals surface area contributed by atoms with Gasteiger partial charge in [0.05, 0.1) is 10.0 Å². The third-order valence-corrected chi connectivity index (χ3v) is 6.64. The van der Waals surface area contributed by atoms with Gasteiger partial charge < -0.3 is 9.64 Å². The van der Waals surface area contributed by atoms with E-state index < -0.39 is 0 Å². The fraction of sp³-hybridized carbons (Fsp3) is 0.360. The van der Waals surface area contributed by atoms with E-state index in [0.717, 1.165) is 23.2 Å². The molecular formula is C25H26Cl2FN3O2. The van der Waals surface area contributed by atoms with E-state index in [9.17, 15) is 9.18 Å². The Morgan fingerprint density at radius 2 is 1.82 bits per heavy atom. The number of aromatic nitrogens is 1. The number of carbonyl (C=O) groups is 1. The van der Waals surface area contributed by atoms with Gasteiger partial charge in [-0.3, -0.25) is 9.69 Å². The van der Waals surface area contributed by atoms with Crippen LogP contribution in [0, 0.1) is 12.7 Å². The lowest BCUT2D eigenvalue weighted by molar-refractivity contribution is -0.139. The molecule has 1 aliphatic rings. The second kappa shape index (κ2) is 9.84. The number of hydrogen-bond donors (Lipinski definition) is 0. The van der Waals surface area contributed by atoms with Gasteiger partial charge in [-0.15, -0.1) is 0 Å². The van der Waals surface area contributed by atoms with Crippen LogP contribution in [0.2, 0.25) is 10.0 Å². The Kier molecular flexibility index (Phi) is 7.07. The van der Waals surface area contributed by atoms with E-state index >= 15 is 0 Å². The van der Waals surface area contributed by atoms with Gasteiger partial charge in [-0.2, -0.15) is 0 Å². The van der Waals surface area contributed by atoms with Crippen molar-refractivity contribution in [3.8, 4) is 5.75 Å². The summed E-state index contributed by atoms with van der Waals surface area (Å²) in [5.41, 5.74) is 2.40. The number of aryl methyl sites for hydroxylation is 1. The van der Waals surface area contributed by atoms with Gasteiger partial charge in [0.25, 0.3) is 5.91 Å². The lowest BCUT2D eigenvalue weighted by atomic mass is 10.1. The van der Waals surface area contributed by atoms with E-state index in [1.807, 2.05) is 30.9 Å². The summed E-state index contributed by atoms with van der Waals surface area (Å²) in [7, 11) is 0. The van der Waals surface area contributed by atoms with Crippen molar-refractivity contribution in [1.82, 2.24) is 14.8 Å². The van der Waals surface area contributed by atoms with Crippen LogP contribution in [-0.2, 0) is 11.3 Å². The summed E-state index contributed by atoms with van der Waals surface area (Å²) in [4.78, 5) is 21.7. The van der Waals surface area contributed by atoms with E-state index in [0.29, 0.717) is 34.4 Å². The predicted octanol–water partition coefficient (Wildman–Crippen LogP) is 5.49. The standard InChI is InChI=1S/C25H26Cl2FN3O2/c1-15-4-9-20-21(26)10-22(27)25(24(20)29-15)33-14-23(32)31-12-16(2)30(11-17(31)3)13-18-5-7-19(28)8-6-18/h4-10,16-17H,11-14H2,1-3H3/t16-,17+/m1/s1. The summed E-state index contributed by atoms with van der Waals surface area (Å²) in [6, 6.07) is 12.1. The highest BCUT2D eigenvalue weighted by Crippen LogP contribution is 2.37. The molecule has 0 spiro atoms. The van der Waals surface area contributed by atoms with E-state index in [-0.39, 0.29) is 30.4 Å². The van der Waals surface area contributed by atoms with Gasteiger partial charge in [0, 0.05) is 42.8 Å². The largest absolute Gasteiger partial charge is 0.480 e. The SMILES string of the molecule is Cc1ccc2c(Cl)cc(Cl)c(OCC(=O)N3C[C@@H](C)N(Cc4ccc(F)cc4)C[C@@H]3C)c2n1. The van der Waals surface area contributed by atoms with Crippen molar-refractivity contribution in [2.45, 2.75) is 39.4 Å². The van der Waals surface area contributed by atoms with Gasteiger partial charge in [0.2, 0.25) is 0 Å². The third kappa shape index (κ3) is 5.24. The number of hydrogen-bond acceptors (Lipinski definition) is 4. The van der Waals surface area contributed by atoms with Crippen molar-refractivity contribution in [3.63, 3.8) is 0 Å². The van der Waals surface area contributed by atoms with Gasteiger partial charge in [0.1, 0.15) is 11.3 Å². The van der Waals surface area contributed by atoms with Crippen LogP contribution in [0.15, 0.2) is 42.5 Å². The van der Waals surface area contributed by atoms with Crippen LogP contribution in [-0.4, -0.2) is 52.5 Å². The van der Waals surface area contributed by atoms with E-state index in [1.54, 1.807) is 18.2 Å². The summed E-state index contributed by atoms with van der Waals surface area (Å²) in [6.45, 7) is 7.86. The highest BCUT2D eigenvalue weighted by atomic mass is 35.5. The zero-order valence-electron chi connectivity index (χ0n) is 18.8. The number of benzene rings is 2. The molecule has 0 unspecified atom stereocenters. The summed E-state index contributed by atoms with van der Waals surface area (Å²) in [6.07, 6.45) is 0. The molecule has 1 fully saturated rings. The van der Waals surface area contributed by atoms with Crippen LogP contribution in [0.1, 0.15) is 25.1 Å². The lowest BCUT2D eigenvalue weighted by Gasteiger charge is -2.44. The molecule has 174 valence electrons. The normalized spacial score (nSPS) is 19.2. The molecule has 0 bridgehead atoms. The maximum absolute atomic E-state index is 13.2. The third-order valence-electron chi connectivity index (χ3n) is 6.05. The molecule has 2 heterocycles. The van der Waals surface area contributed by atoms with Crippen molar-refractivity contribution >= 4 is 40.0 Å². The molecule has 1 aromatic heterocycles. The van der Waals surface area contributed by atoms with Crippen LogP contribution in [0.3, 0.4) is 0 Å². The summed E-state index contributed by atoms with van der Waals surface area (Å²) in [5, 5.41) is 1.54. The Balaban J connectivity index is 1.43. The average Bonchev–Trinajstić information content (AvgIpc) is 2.77. The molecule has 1 saturated heterocycles. The monoisotopic (exact) mass is 489 g/mol. The zero-order valence-corrected chi connectivity index (χ0v) is 20.3. The molecule has 1 amide bonds. The molecule has 33 heavy (non-hydrogen) atoms. The topological polar surface area (TPSA) is 45.7 Å². The smallest absolute Gasteiger partial charge is 0.260 e. The minimum atomic E-state index is -0.241. The fourth-order valence-corrected chi connectivity index (χ4v) is 4.81. The zero-order chi connectivity index (χ0) is 23.7. The Morgan fingerprint density at radius 1 is 1.09 bits per heavy atom. The fourth-order valence-electron chi connectivity index (χ4n) is 4.23. The summed E-state index contributed by atoms with van der Waals surface area (Å²) >= 11 is 12.7. The Morgan fingerprint density at radius 3 is 2.55 bits per heavy atom. The van der Waals surface area contributed by atoms with Crippen molar-refractivity contribution in [2.24, 2.45) is 0 Å². The second-order valence-electron chi connectivity index (χ2n) is 8.61. The first-order chi connectivity index (χ1) is 15.7. The predicted molar refractivity (Wildman–Crippen MR) is 129 cm³/mol. The molecule has 8 heteroatoms. The van der Waals surface area contributed by atoms with E-state index in [4.69, 9.17) is 27.9 Å². The number of rotatable bonds is 5. The summed E-state index contributed by atoms with van der Waals surface area (Å²) < 4.78 is 19.1. The second-order valence-corrected chi connectivity index (χ2v) is 9.42. The maximum atomic E-state index is 13.2. The molecule has 0 saturated carbocycles. The number of halogens is 3. The van der Waals surface area contributed by atoms with Crippen molar-refractivity contribution in [2.75, 3.05) is 19.7 Å². The summed E-state index contributed by atoms with van der Waals surface area (Å²) in [5.74, 6) is 0.0147. The number of pyridine rings is 1. The van der Waals surface area contributed by atoms with Gasteiger partial charge in [-0.25, -0.2) is 9.37 Å². The van der Waals surface area contributed by atoms with Crippen LogP contribution in [0.25, 0.3) is 10.9 Å². The quantitative estimate of drug-likeness (QED) is 0.475. The first kappa shape index (κ1) is 23.7. The number of amides is 1. The molecule has 1 aliphatic heterocycles. The molecule has 5 nitrogen and oxygen atoms in total. The molecule has 0 N–H and O–H groups in total. The van der Waals surface area contributed by atoms with Gasteiger partial charge in [-0.05, 0) is 56.7 Å². The van der Waals surface area contributed by atoms with Crippen LogP contribution in [0.5, 0.6) is 5.75 Å². The van der Waals surface area contributed by atoms with Crippen molar-refractivity contribution in [3.05, 3.63) is 69.6 Å². The number of carbonyl (C=O) groups excluding carboxylic acids is 1. The first-order valence-electron chi connectivity index (χ1n) is 10.9. The number of ether oxygens (including phenoxy) is 1. The first-order valence-corrected chi connectivity index (χ1v) is 11.6. The Labute approximate surface area is 203 Å².